The van der Waals surface area contributed by atoms with E-state index in [1.165, 1.54) is 15.1 Å². The van der Waals surface area contributed by atoms with E-state index in [0.29, 0.717) is 0 Å². The number of benzene rings is 1. The van der Waals surface area contributed by atoms with Gasteiger partial charge in [0.2, 0.25) is 0 Å². The van der Waals surface area contributed by atoms with Gasteiger partial charge in [0, 0.05) is 10.4 Å². The number of hydrogen-bond acceptors (Lipinski definition) is 4. The van der Waals surface area contributed by atoms with Gasteiger partial charge in [0.25, 0.3) is 0 Å². The highest BCUT2D eigenvalue weighted by atomic mass is 32.1. The van der Waals surface area contributed by atoms with Crippen LogP contribution in [0.25, 0.3) is 20.8 Å². The number of anilines is 1. The molecular weight excluding hydrogens is 260 g/mol. The number of nitrogen functional groups attached to an aromatic ring is 1. The minimum absolute atomic E-state index is 0.877. The summed E-state index contributed by atoms with van der Waals surface area (Å²) < 4.78 is 1.22. The Bertz CT molecular complexity index is 710. The highest BCUT2D eigenvalue weighted by molar-refractivity contribution is 7.22. The quantitative estimate of drug-likeness (QED) is 0.748. The third-order valence-electron chi connectivity index (χ3n) is 2.93. The van der Waals surface area contributed by atoms with Gasteiger partial charge in [-0.15, -0.1) is 22.7 Å². The van der Waals surface area contributed by atoms with E-state index < -0.39 is 0 Å². The Kier molecular flexibility index (Phi) is 2.84. The maximum atomic E-state index is 6.09. The molecule has 0 saturated heterocycles. The second kappa shape index (κ2) is 4.37. The molecule has 18 heavy (non-hydrogen) atoms. The highest BCUT2D eigenvalue weighted by Crippen LogP contribution is 2.38. The summed E-state index contributed by atoms with van der Waals surface area (Å²) in [5, 5.41) is 1.91. The standard InChI is InChI=1S/C14H14N2S2/c1-3-9-7-10(13(15)17-9)14-16-11-6-8(2)4-5-12(11)18-14/h4-7H,3,15H2,1-2H3. The summed E-state index contributed by atoms with van der Waals surface area (Å²) in [6.07, 6.45) is 1.03. The molecule has 3 rings (SSSR count). The van der Waals surface area contributed by atoms with E-state index in [1.54, 1.807) is 22.7 Å². The van der Waals surface area contributed by atoms with Crippen LogP contribution in [0.15, 0.2) is 24.3 Å². The van der Waals surface area contributed by atoms with E-state index in [2.05, 4.69) is 38.1 Å². The van der Waals surface area contributed by atoms with Crippen LogP contribution in [0.5, 0.6) is 0 Å². The second-order valence-corrected chi connectivity index (χ2v) is 6.53. The lowest BCUT2D eigenvalue weighted by atomic mass is 10.2. The summed E-state index contributed by atoms with van der Waals surface area (Å²) in [5.41, 5.74) is 9.49. The van der Waals surface area contributed by atoms with Crippen LogP contribution < -0.4 is 5.73 Å². The smallest absolute Gasteiger partial charge is 0.127 e. The summed E-state index contributed by atoms with van der Waals surface area (Å²) >= 11 is 3.38. The lowest BCUT2D eigenvalue weighted by molar-refractivity contribution is 1.19. The van der Waals surface area contributed by atoms with Gasteiger partial charge in [0.1, 0.15) is 5.01 Å². The molecule has 0 unspecified atom stereocenters. The van der Waals surface area contributed by atoms with E-state index in [-0.39, 0.29) is 0 Å². The zero-order valence-electron chi connectivity index (χ0n) is 10.4. The summed E-state index contributed by atoms with van der Waals surface area (Å²) in [6.45, 7) is 4.24. The summed E-state index contributed by atoms with van der Waals surface area (Å²) in [5.74, 6) is 0. The van der Waals surface area contributed by atoms with Crippen molar-refractivity contribution in [3.8, 4) is 10.6 Å². The van der Waals surface area contributed by atoms with Crippen molar-refractivity contribution in [1.29, 1.82) is 0 Å². The molecule has 0 radical (unpaired) electrons. The van der Waals surface area contributed by atoms with E-state index in [4.69, 9.17) is 10.7 Å². The average molecular weight is 274 g/mol. The SMILES string of the molecule is CCc1cc(-c2nc3cc(C)ccc3s2)c(N)s1. The number of thiophene rings is 1. The van der Waals surface area contributed by atoms with Crippen LogP contribution in [0.1, 0.15) is 17.4 Å². The molecule has 1 aromatic carbocycles. The number of hydrogen-bond donors (Lipinski definition) is 1. The predicted octanol–water partition coefficient (Wildman–Crippen LogP) is 4.48. The van der Waals surface area contributed by atoms with Gasteiger partial charge in [-0.3, -0.25) is 0 Å². The van der Waals surface area contributed by atoms with Crippen molar-refractivity contribution in [2.75, 3.05) is 5.73 Å². The zero-order chi connectivity index (χ0) is 12.7. The lowest BCUT2D eigenvalue weighted by Gasteiger charge is -1.91. The predicted molar refractivity (Wildman–Crippen MR) is 81.5 cm³/mol. The molecule has 3 aromatic rings. The highest BCUT2D eigenvalue weighted by Gasteiger charge is 2.12. The van der Waals surface area contributed by atoms with Crippen molar-refractivity contribution < 1.29 is 0 Å². The first-order chi connectivity index (χ1) is 8.67. The fourth-order valence-corrected chi connectivity index (χ4v) is 3.86. The van der Waals surface area contributed by atoms with Gasteiger partial charge >= 0.3 is 0 Å². The van der Waals surface area contributed by atoms with Crippen LogP contribution in [0.4, 0.5) is 5.00 Å². The normalized spacial score (nSPS) is 11.2. The minimum atomic E-state index is 0.877. The fourth-order valence-electron chi connectivity index (χ4n) is 1.95. The van der Waals surface area contributed by atoms with Gasteiger partial charge in [0.15, 0.2) is 0 Å². The van der Waals surface area contributed by atoms with Crippen molar-refractivity contribution >= 4 is 37.9 Å². The maximum Gasteiger partial charge on any atom is 0.127 e. The minimum Gasteiger partial charge on any atom is -0.390 e. The molecule has 0 aliphatic rings. The topological polar surface area (TPSA) is 38.9 Å². The molecule has 0 spiro atoms. The monoisotopic (exact) mass is 274 g/mol. The number of rotatable bonds is 2. The third kappa shape index (κ3) is 1.91. The molecule has 0 aliphatic heterocycles. The zero-order valence-corrected chi connectivity index (χ0v) is 12.0. The molecule has 0 aliphatic carbocycles. The number of aryl methyl sites for hydroxylation is 2. The second-order valence-electron chi connectivity index (χ2n) is 4.33. The molecule has 0 saturated carbocycles. The first-order valence-corrected chi connectivity index (χ1v) is 7.56. The summed E-state index contributed by atoms with van der Waals surface area (Å²) in [4.78, 5) is 6.01. The molecule has 4 heteroatoms. The summed E-state index contributed by atoms with van der Waals surface area (Å²) in [7, 11) is 0. The molecule has 0 fully saturated rings. The van der Waals surface area contributed by atoms with Crippen molar-refractivity contribution in [2.24, 2.45) is 0 Å². The number of fused-ring (bicyclic) bond motifs is 1. The maximum absolute atomic E-state index is 6.09. The van der Waals surface area contributed by atoms with E-state index in [1.807, 2.05) is 0 Å². The van der Waals surface area contributed by atoms with Gasteiger partial charge in [-0.2, -0.15) is 0 Å². The molecule has 0 bridgehead atoms. The van der Waals surface area contributed by atoms with Crippen LogP contribution in [-0.4, -0.2) is 4.98 Å². The largest absolute Gasteiger partial charge is 0.390 e. The van der Waals surface area contributed by atoms with Crippen molar-refractivity contribution in [2.45, 2.75) is 20.3 Å². The van der Waals surface area contributed by atoms with Crippen molar-refractivity contribution in [3.05, 3.63) is 34.7 Å². The molecular formula is C14H14N2S2. The first kappa shape index (κ1) is 11.7. The van der Waals surface area contributed by atoms with Gasteiger partial charge in [-0.25, -0.2) is 4.98 Å². The molecule has 0 amide bonds. The van der Waals surface area contributed by atoms with Crippen LogP contribution in [0.2, 0.25) is 0 Å². The van der Waals surface area contributed by atoms with Crippen LogP contribution in [0.3, 0.4) is 0 Å². The number of nitrogens with two attached hydrogens (primary N) is 1. The fraction of sp³-hybridized carbons (Fsp3) is 0.214. The lowest BCUT2D eigenvalue weighted by Crippen LogP contribution is -1.81. The van der Waals surface area contributed by atoms with E-state index in [9.17, 15) is 0 Å². The van der Waals surface area contributed by atoms with Gasteiger partial charge in [-0.1, -0.05) is 13.0 Å². The van der Waals surface area contributed by atoms with Crippen molar-refractivity contribution in [1.82, 2.24) is 4.98 Å². The molecule has 0 atom stereocenters. The Balaban J connectivity index is 2.15. The Morgan fingerprint density at radius 3 is 2.78 bits per heavy atom. The summed E-state index contributed by atoms with van der Waals surface area (Å²) in [6, 6.07) is 8.55. The molecule has 2 N–H and O–H groups in total. The molecule has 2 aromatic heterocycles. The van der Waals surface area contributed by atoms with Crippen molar-refractivity contribution in [3.63, 3.8) is 0 Å². The third-order valence-corrected chi connectivity index (χ3v) is 5.11. The number of aromatic nitrogens is 1. The molecule has 2 nitrogen and oxygen atoms in total. The van der Waals surface area contributed by atoms with Crippen LogP contribution >= 0.6 is 22.7 Å². The van der Waals surface area contributed by atoms with Crippen LogP contribution in [0, 0.1) is 6.92 Å². The van der Waals surface area contributed by atoms with E-state index in [0.717, 1.165) is 27.5 Å². The molecule has 92 valence electrons. The van der Waals surface area contributed by atoms with Gasteiger partial charge in [-0.05, 0) is 37.1 Å². The Hall–Kier alpha value is -1.39. The first-order valence-electron chi connectivity index (χ1n) is 5.93. The van der Waals surface area contributed by atoms with Gasteiger partial charge < -0.3 is 5.73 Å². The number of thiazole rings is 1. The average Bonchev–Trinajstić information content (AvgIpc) is 2.91. The number of nitrogens with zero attached hydrogens (tertiary/aromatic N) is 1. The molecule has 2 heterocycles. The Morgan fingerprint density at radius 2 is 2.06 bits per heavy atom. The Morgan fingerprint density at radius 1 is 1.22 bits per heavy atom. The van der Waals surface area contributed by atoms with Crippen LogP contribution in [-0.2, 0) is 6.42 Å². The Labute approximate surface area is 114 Å². The van der Waals surface area contributed by atoms with E-state index >= 15 is 0 Å². The van der Waals surface area contributed by atoms with Gasteiger partial charge in [0.05, 0.1) is 15.2 Å².